The summed E-state index contributed by atoms with van der Waals surface area (Å²) in [4.78, 5) is 7.77. The number of hydrogen-bond acceptors (Lipinski definition) is 4. The number of para-hydroxylation sites is 1. The van der Waals surface area contributed by atoms with Gasteiger partial charge in [0.2, 0.25) is 0 Å². The van der Waals surface area contributed by atoms with Crippen LogP contribution in [-0.2, 0) is 0 Å². The molecule has 2 N–H and O–H groups in total. The molecule has 0 fully saturated rings. The number of aliphatic imine (C=N–C) groups is 1. The zero-order valence-corrected chi connectivity index (χ0v) is 7.25. The smallest absolute Gasteiger partial charge is 0.267 e. The first-order valence-electron chi connectivity index (χ1n) is 4.04. The van der Waals surface area contributed by atoms with Crippen LogP contribution in [0.2, 0.25) is 0 Å². The minimum Gasteiger partial charge on any atom is -0.507 e. The van der Waals surface area contributed by atoms with Gasteiger partial charge in [0.1, 0.15) is 12.1 Å². The molecular formula is C9H8N4O. The maximum Gasteiger partial charge on any atom is 0.267 e. The second-order valence-electron chi connectivity index (χ2n) is 2.62. The number of nitrogens with zero attached hydrogens (tertiary/aromatic N) is 3. The lowest BCUT2D eigenvalue weighted by Gasteiger charge is -1.94. The van der Waals surface area contributed by atoms with Crippen molar-refractivity contribution in [3.8, 4) is 5.75 Å². The molecule has 5 heteroatoms. The summed E-state index contributed by atoms with van der Waals surface area (Å²) in [5, 5.41) is 15.7. The summed E-state index contributed by atoms with van der Waals surface area (Å²) >= 11 is 0. The van der Waals surface area contributed by atoms with E-state index >= 15 is 0 Å². The SMILES string of the molecule is Oc1ccccc1/C=N/c1nc[nH]n1. The topological polar surface area (TPSA) is 74.2 Å². The van der Waals surface area contributed by atoms with Gasteiger partial charge in [-0.1, -0.05) is 12.1 Å². The Hall–Kier alpha value is -2.17. The van der Waals surface area contributed by atoms with E-state index in [0.29, 0.717) is 11.5 Å². The minimum atomic E-state index is 0.187. The Morgan fingerprint density at radius 2 is 2.21 bits per heavy atom. The predicted molar refractivity (Wildman–Crippen MR) is 51.7 cm³/mol. The van der Waals surface area contributed by atoms with E-state index in [1.54, 1.807) is 18.2 Å². The summed E-state index contributed by atoms with van der Waals surface area (Å²) < 4.78 is 0. The van der Waals surface area contributed by atoms with Crippen molar-refractivity contribution >= 4 is 12.2 Å². The fourth-order valence-corrected chi connectivity index (χ4v) is 0.988. The van der Waals surface area contributed by atoms with Gasteiger partial charge in [0.25, 0.3) is 5.95 Å². The van der Waals surface area contributed by atoms with Gasteiger partial charge in [-0.05, 0) is 12.1 Å². The second-order valence-corrected chi connectivity index (χ2v) is 2.62. The van der Waals surface area contributed by atoms with Crippen LogP contribution in [0.4, 0.5) is 5.95 Å². The third-order valence-corrected chi connectivity index (χ3v) is 1.66. The summed E-state index contributed by atoms with van der Waals surface area (Å²) in [6.45, 7) is 0. The Bertz CT molecular complexity index is 436. The number of H-pyrrole nitrogens is 1. The Labute approximate surface area is 80.2 Å². The van der Waals surface area contributed by atoms with Gasteiger partial charge >= 0.3 is 0 Å². The van der Waals surface area contributed by atoms with Gasteiger partial charge in [-0.2, -0.15) is 4.98 Å². The number of aromatic hydroxyl groups is 1. The highest BCUT2D eigenvalue weighted by atomic mass is 16.3. The molecule has 1 aromatic carbocycles. The Kier molecular flexibility index (Phi) is 2.22. The highest BCUT2D eigenvalue weighted by molar-refractivity contribution is 5.84. The van der Waals surface area contributed by atoms with Gasteiger partial charge in [-0.15, -0.1) is 5.10 Å². The molecule has 1 heterocycles. The number of benzene rings is 1. The molecule has 0 atom stereocenters. The lowest BCUT2D eigenvalue weighted by Crippen LogP contribution is -1.81. The molecule has 0 spiro atoms. The molecule has 0 bridgehead atoms. The molecule has 0 amide bonds. The van der Waals surface area contributed by atoms with Gasteiger partial charge in [-0.25, -0.2) is 4.99 Å². The fourth-order valence-electron chi connectivity index (χ4n) is 0.988. The summed E-state index contributed by atoms with van der Waals surface area (Å²) in [6, 6.07) is 6.92. The van der Waals surface area contributed by atoms with Crippen molar-refractivity contribution in [2.24, 2.45) is 4.99 Å². The highest BCUT2D eigenvalue weighted by Gasteiger charge is 1.95. The first-order chi connectivity index (χ1) is 6.86. The first-order valence-corrected chi connectivity index (χ1v) is 4.04. The second kappa shape index (κ2) is 3.69. The van der Waals surface area contributed by atoms with Crippen molar-refractivity contribution in [1.82, 2.24) is 15.2 Å². The molecule has 0 aliphatic carbocycles. The van der Waals surface area contributed by atoms with Crippen LogP contribution < -0.4 is 0 Å². The van der Waals surface area contributed by atoms with Crippen LogP contribution in [0.1, 0.15) is 5.56 Å². The van der Waals surface area contributed by atoms with Gasteiger partial charge in [-0.3, -0.25) is 5.10 Å². The molecule has 5 nitrogen and oxygen atoms in total. The quantitative estimate of drug-likeness (QED) is 0.697. The van der Waals surface area contributed by atoms with E-state index in [1.165, 1.54) is 12.5 Å². The highest BCUT2D eigenvalue weighted by Crippen LogP contribution is 2.13. The van der Waals surface area contributed by atoms with E-state index < -0.39 is 0 Å². The van der Waals surface area contributed by atoms with Crippen LogP contribution in [0.5, 0.6) is 5.75 Å². The minimum absolute atomic E-state index is 0.187. The average molecular weight is 188 g/mol. The monoisotopic (exact) mass is 188 g/mol. The largest absolute Gasteiger partial charge is 0.507 e. The first kappa shape index (κ1) is 8.43. The molecule has 2 aromatic rings. The van der Waals surface area contributed by atoms with Crippen molar-refractivity contribution in [3.63, 3.8) is 0 Å². The van der Waals surface area contributed by atoms with Crippen molar-refractivity contribution < 1.29 is 5.11 Å². The maximum absolute atomic E-state index is 9.40. The number of rotatable bonds is 2. The lowest BCUT2D eigenvalue weighted by atomic mass is 10.2. The van der Waals surface area contributed by atoms with Gasteiger partial charge in [0.15, 0.2) is 0 Å². The van der Waals surface area contributed by atoms with Crippen molar-refractivity contribution in [2.75, 3.05) is 0 Å². The third kappa shape index (κ3) is 1.77. The van der Waals surface area contributed by atoms with Crippen molar-refractivity contribution in [1.29, 1.82) is 0 Å². The standard InChI is InChI=1S/C9H8N4O/c14-8-4-2-1-3-7(8)5-10-9-11-6-12-13-9/h1-6,14H,(H,11,12,13)/b10-5+. The molecule has 2 rings (SSSR count). The van der Waals surface area contributed by atoms with E-state index in [1.807, 2.05) is 6.07 Å². The Balaban J connectivity index is 2.23. The van der Waals surface area contributed by atoms with Gasteiger partial charge in [0.05, 0.1) is 0 Å². The van der Waals surface area contributed by atoms with Crippen LogP contribution >= 0.6 is 0 Å². The molecule has 14 heavy (non-hydrogen) atoms. The van der Waals surface area contributed by atoms with Crippen LogP contribution in [-0.4, -0.2) is 26.5 Å². The molecule has 0 aliphatic heterocycles. The molecule has 0 saturated heterocycles. The molecule has 0 saturated carbocycles. The van der Waals surface area contributed by atoms with Crippen LogP contribution in [0.15, 0.2) is 35.6 Å². The lowest BCUT2D eigenvalue weighted by molar-refractivity contribution is 0.474. The van der Waals surface area contributed by atoms with Crippen molar-refractivity contribution in [2.45, 2.75) is 0 Å². The van der Waals surface area contributed by atoms with Crippen LogP contribution in [0.25, 0.3) is 0 Å². The number of aromatic amines is 1. The predicted octanol–water partition coefficient (Wildman–Crippen LogP) is 1.26. The van der Waals surface area contributed by atoms with Gasteiger partial charge in [0, 0.05) is 11.8 Å². The Morgan fingerprint density at radius 3 is 2.93 bits per heavy atom. The van der Waals surface area contributed by atoms with E-state index in [-0.39, 0.29) is 5.75 Å². The molecule has 0 radical (unpaired) electrons. The molecule has 70 valence electrons. The fraction of sp³-hybridized carbons (Fsp3) is 0. The summed E-state index contributed by atoms with van der Waals surface area (Å²) in [5.41, 5.74) is 0.636. The summed E-state index contributed by atoms with van der Waals surface area (Å²) in [7, 11) is 0. The van der Waals surface area contributed by atoms with Crippen molar-refractivity contribution in [3.05, 3.63) is 36.2 Å². The van der Waals surface area contributed by atoms with E-state index in [4.69, 9.17) is 0 Å². The van der Waals surface area contributed by atoms with E-state index in [2.05, 4.69) is 20.2 Å². The molecule has 0 aliphatic rings. The zero-order chi connectivity index (χ0) is 9.80. The number of hydrogen-bond donors (Lipinski definition) is 2. The number of nitrogens with one attached hydrogen (secondary N) is 1. The van der Waals surface area contributed by atoms with E-state index in [0.717, 1.165) is 0 Å². The molecule has 1 aromatic heterocycles. The van der Waals surface area contributed by atoms with E-state index in [9.17, 15) is 5.11 Å². The molecular weight excluding hydrogens is 180 g/mol. The zero-order valence-electron chi connectivity index (χ0n) is 7.25. The van der Waals surface area contributed by atoms with Crippen LogP contribution in [0, 0.1) is 0 Å². The third-order valence-electron chi connectivity index (χ3n) is 1.66. The Morgan fingerprint density at radius 1 is 1.36 bits per heavy atom. The van der Waals surface area contributed by atoms with Crippen LogP contribution in [0.3, 0.4) is 0 Å². The average Bonchev–Trinajstić information content (AvgIpc) is 2.69. The number of aromatic nitrogens is 3. The molecule has 0 unspecified atom stereocenters. The number of phenolic OH excluding ortho intramolecular Hbond substituents is 1. The maximum atomic E-state index is 9.40. The normalized spacial score (nSPS) is 10.9. The summed E-state index contributed by atoms with van der Waals surface area (Å²) in [5.74, 6) is 0.528. The summed E-state index contributed by atoms with van der Waals surface area (Å²) in [6.07, 6.45) is 2.95. The number of phenols is 1. The van der Waals surface area contributed by atoms with Gasteiger partial charge < -0.3 is 5.11 Å².